The first-order valence-electron chi connectivity index (χ1n) is 7.55. The third kappa shape index (κ3) is 4.53. The molecule has 21 heavy (non-hydrogen) atoms. The molecule has 0 aromatic heterocycles. The molecule has 1 saturated heterocycles. The number of hydrogen-bond acceptors (Lipinski definition) is 4. The van der Waals surface area contributed by atoms with Crippen LogP contribution in [0.15, 0.2) is 18.2 Å². The quantitative estimate of drug-likeness (QED) is 0.921. The first kappa shape index (κ1) is 16.5. The van der Waals surface area contributed by atoms with Gasteiger partial charge in [-0.1, -0.05) is 29.3 Å². The number of aryl methyl sites for hydroxylation is 2. The minimum Gasteiger partial charge on any atom is -0.324 e. The number of sulfone groups is 1. The summed E-state index contributed by atoms with van der Waals surface area (Å²) in [6.07, 6.45) is 0.854. The van der Waals surface area contributed by atoms with Crippen molar-refractivity contribution in [3.05, 3.63) is 34.9 Å². The van der Waals surface area contributed by atoms with Crippen LogP contribution >= 0.6 is 0 Å². The fraction of sp³-hybridized carbons (Fsp3) is 0.625. The van der Waals surface area contributed by atoms with E-state index in [-0.39, 0.29) is 23.6 Å². The molecular weight excluding hydrogens is 284 g/mol. The highest BCUT2D eigenvalue weighted by molar-refractivity contribution is 7.91. The molecule has 2 atom stereocenters. The van der Waals surface area contributed by atoms with E-state index in [0.29, 0.717) is 6.54 Å². The largest absolute Gasteiger partial charge is 0.324 e. The number of nitrogens with zero attached hydrogens (tertiary/aromatic N) is 1. The zero-order chi connectivity index (χ0) is 15.6. The van der Waals surface area contributed by atoms with Crippen LogP contribution in [0.5, 0.6) is 0 Å². The molecule has 1 fully saturated rings. The summed E-state index contributed by atoms with van der Waals surface area (Å²) in [5, 5.41) is 0. The van der Waals surface area contributed by atoms with Gasteiger partial charge in [0.15, 0.2) is 9.84 Å². The topological polar surface area (TPSA) is 63.4 Å². The van der Waals surface area contributed by atoms with Gasteiger partial charge in [-0.15, -0.1) is 0 Å². The summed E-state index contributed by atoms with van der Waals surface area (Å²) < 4.78 is 23.2. The second-order valence-electron chi connectivity index (χ2n) is 6.32. The third-order valence-corrected chi connectivity index (χ3v) is 6.00. The van der Waals surface area contributed by atoms with Crippen molar-refractivity contribution in [2.75, 3.05) is 24.6 Å². The lowest BCUT2D eigenvalue weighted by atomic mass is 9.99. The summed E-state index contributed by atoms with van der Waals surface area (Å²) in [7, 11) is -2.84. The van der Waals surface area contributed by atoms with Crippen molar-refractivity contribution in [1.29, 1.82) is 0 Å². The molecule has 0 bridgehead atoms. The van der Waals surface area contributed by atoms with Crippen LogP contribution in [-0.2, 0) is 9.84 Å². The van der Waals surface area contributed by atoms with Crippen LogP contribution in [0.2, 0.25) is 0 Å². The standard InChI is InChI=1S/C16H26N2O2S/c1-12-8-13(2)10-15(9-12)16(17)4-5-18-6-7-21(19,20)11-14(18)3/h8-10,14,16H,4-7,11,17H2,1-3H3. The van der Waals surface area contributed by atoms with E-state index in [1.54, 1.807) is 0 Å². The van der Waals surface area contributed by atoms with Gasteiger partial charge in [-0.3, -0.25) is 4.90 Å². The highest BCUT2D eigenvalue weighted by Gasteiger charge is 2.27. The van der Waals surface area contributed by atoms with Crippen LogP contribution in [-0.4, -0.2) is 44.0 Å². The lowest BCUT2D eigenvalue weighted by molar-refractivity contribution is 0.219. The Morgan fingerprint density at radius 3 is 2.48 bits per heavy atom. The summed E-state index contributed by atoms with van der Waals surface area (Å²) in [5.74, 6) is 0.544. The number of rotatable bonds is 4. The zero-order valence-electron chi connectivity index (χ0n) is 13.2. The van der Waals surface area contributed by atoms with E-state index in [2.05, 4.69) is 36.9 Å². The van der Waals surface area contributed by atoms with E-state index in [9.17, 15) is 8.42 Å². The SMILES string of the molecule is Cc1cc(C)cc(C(N)CCN2CCS(=O)(=O)CC2C)c1. The summed E-state index contributed by atoms with van der Waals surface area (Å²) in [4.78, 5) is 2.24. The van der Waals surface area contributed by atoms with Crippen molar-refractivity contribution in [2.45, 2.75) is 39.3 Å². The Kier molecular flexibility index (Phi) is 5.07. The zero-order valence-corrected chi connectivity index (χ0v) is 14.0. The van der Waals surface area contributed by atoms with Gasteiger partial charge in [-0.05, 0) is 32.8 Å². The molecule has 1 aromatic rings. The lowest BCUT2D eigenvalue weighted by Crippen LogP contribution is -2.47. The molecule has 1 heterocycles. The highest BCUT2D eigenvalue weighted by Crippen LogP contribution is 2.20. The number of benzene rings is 1. The third-order valence-electron chi connectivity index (χ3n) is 4.21. The molecule has 2 rings (SSSR count). The van der Waals surface area contributed by atoms with Crippen LogP contribution in [0.3, 0.4) is 0 Å². The van der Waals surface area contributed by atoms with Crippen molar-refractivity contribution < 1.29 is 8.42 Å². The molecule has 0 radical (unpaired) electrons. The van der Waals surface area contributed by atoms with Crippen LogP contribution in [0, 0.1) is 13.8 Å². The molecule has 5 heteroatoms. The predicted molar refractivity (Wildman–Crippen MR) is 87.2 cm³/mol. The van der Waals surface area contributed by atoms with E-state index in [1.807, 2.05) is 6.92 Å². The Balaban J connectivity index is 1.93. The van der Waals surface area contributed by atoms with E-state index in [1.165, 1.54) is 16.7 Å². The van der Waals surface area contributed by atoms with Gasteiger partial charge in [0.25, 0.3) is 0 Å². The second kappa shape index (κ2) is 6.46. The first-order chi connectivity index (χ1) is 9.77. The molecular formula is C16H26N2O2S. The molecule has 0 amide bonds. The van der Waals surface area contributed by atoms with Gasteiger partial charge in [0, 0.05) is 25.2 Å². The van der Waals surface area contributed by atoms with E-state index in [4.69, 9.17) is 5.73 Å². The van der Waals surface area contributed by atoms with Crippen LogP contribution < -0.4 is 5.73 Å². The molecule has 1 aromatic carbocycles. The fourth-order valence-electron chi connectivity index (χ4n) is 3.06. The van der Waals surface area contributed by atoms with Crippen molar-refractivity contribution in [3.8, 4) is 0 Å². The van der Waals surface area contributed by atoms with Crippen molar-refractivity contribution in [3.63, 3.8) is 0 Å². The van der Waals surface area contributed by atoms with Gasteiger partial charge in [0.2, 0.25) is 0 Å². The van der Waals surface area contributed by atoms with Gasteiger partial charge in [-0.2, -0.15) is 0 Å². The summed E-state index contributed by atoms with van der Waals surface area (Å²) >= 11 is 0. The molecule has 2 unspecified atom stereocenters. The van der Waals surface area contributed by atoms with Gasteiger partial charge in [-0.25, -0.2) is 8.42 Å². The summed E-state index contributed by atoms with van der Waals surface area (Å²) in [6.45, 7) is 7.63. The Morgan fingerprint density at radius 2 is 1.90 bits per heavy atom. The van der Waals surface area contributed by atoms with Gasteiger partial charge >= 0.3 is 0 Å². The average Bonchev–Trinajstić information content (AvgIpc) is 2.35. The maximum Gasteiger partial charge on any atom is 0.153 e. The Hall–Kier alpha value is -0.910. The summed E-state index contributed by atoms with van der Waals surface area (Å²) in [5.41, 5.74) is 9.94. The molecule has 118 valence electrons. The number of nitrogens with two attached hydrogens (primary N) is 1. The maximum absolute atomic E-state index is 11.6. The van der Waals surface area contributed by atoms with Crippen LogP contribution in [0.1, 0.15) is 36.1 Å². The van der Waals surface area contributed by atoms with Crippen molar-refractivity contribution in [1.82, 2.24) is 4.90 Å². The van der Waals surface area contributed by atoms with Gasteiger partial charge in [0.05, 0.1) is 11.5 Å². The molecule has 0 spiro atoms. The van der Waals surface area contributed by atoms with Crippen LogP contribution in [0.4, 0.5) is 0 Å². The molecule has 1 aliphatic heterocycles. The Morgan fingerprint density at radius 1 is 1.29 bits per heavy atom. The second-order valence-corrected chi connectivity index (χ2v) is 8.54. The summed E-state index contributed by atoms with van der Waals surface area (Å²) in [6, 6.07) is 6.53. The van der Waals surface area contributed by atoms with Gasteiger partial charge < -0.3 is 5.73 Å². The predicted octanol–water partition coefficient (Wildman–Crippen LogP) is 1.81. The van der Waals surface area contributed by atoms with Crippen molar-refractivity contribution in [2.24, 2.45) is 5.73 Å². The molecule has 1 aliphatic rings. The Bertz CT molecular complexity index is 578. The smallest absolute Gasteiger partial charge is 0.153 e. The number of hydrogen-bond donors (Lipinski definition) is 1. The van der Waals surface area contributed by atoms with E-state index in [0.717, 1.165) is 13.0 Å². The molecule has 4 nitrogen and oxygen atoms in total. The van der Waals surface area contributed by atoms with Gasteiger partial charge in [0.1, 0.15) is 0 Å². The fourth-order valence-corrected chi connectivity index (χ4v) is 4.69. The monoisotopic (exact) mass is 310 g/mol. The minimum absolute atomic E-state index is 0.00864. The van der Waals surface area contributed by atoms with Crippen LogP contribution in [0.25, 0.3) is 0 Å². The normalized spacial score (nSPS) is 23.9. The van der Waals surface area contributed by atoms with E-state index < -0.39 is 9.84 Å². The van der Waals surface area contributed by atoms with Crippen molar-refractivity contribution >= 4 is 9.84 Å². The average molecular weight is 310 g/mol. The minimum atomic E-state index is -2.84. The Labute approximate surface area is 128 Å². The van der Waals surface area contributed by atoms with E-state index >= 15 is 0 Å². The molecule has 0 saturated carbocycles. The molecule has 0 aliphatic carbocycles. The first-order valence-corrected chi connectivity index (χ1v) is 9.37. The maximum atomic E-state index is 11.6. The lowest BCUT2D eigenvalue weighted by Gasteiger charge is -2.33. The highest BCUT2D eigenvalue weighted by atomic mass is 32.2. The molecule has 2 N–H and O–H groups in total.